The van der Waals surface area contributed by atoms with E-state index in [1.165, 1.54) is 4.90 Å². The van der Waals surface area contributed by atoms with Crippen molar-refractivity contribution in [2.75, 3.05) is 27.2 Å². The summed E-state index contributed by atoms with van der Waals surface area (Å²) in [6.45, 7) is 2.44. The number of hydrogen-bond donors (Lipinski definition) is 3. The highest BCUT2D eigenvalue weighted by Gasteiger charge is 2.04. The second-order valence-electron chi connectivity index (χ2n) is 4.61. The summed E-state index contributed by atoms with van der Waals surface area (Å²) in [7, 11) is 4.22. The van der Waals surface area contributed by atoms with Gasteiger partial charge in [0.2, 0.25) is 0 Å². The molecule has 102 valence electrons. The van der Waals surface area contributed by atoms with Crippen LogP contribution >= 0.6 is 12.2 Å². The van der Waals surface area contributed by atoms with Crippen molar-refractivity contribution in [3.63, 3.8) is 0 Å². The van der Waals surface area contributed by atoms with Crippen LogP contribution < -0.4 is 15.5 Å². The van der Waals surface area contributed by atoms with Crippen molar-refractivity contribution in [3.05, 3.63) is 30.2 Å². The predicted molar refractivity (Wildman–Crippen MR) is 78.1 cm³/mol. The Hall–Kier alpha value is -1.73. The Morgan fingerprint density at radius 2 is 2.16 bits per heavy atom. The Kier molecular flexibility index (Phi) is 4.64. The zero-order valence-corrected chi connectivity index (χ0v) is 12.0. The monoisotopic (exact) mass is 279 g/mol. The third-order valence-corrected chi connectivity index (χ3v) is 2.99. The van der Waals surface area contributed by atoms with Gasteiger partial charge in [-0.1, -0.05) is 6.07 Å². The number of thiocarbonyl (C=S) groups is 1. The molecule has 0 bridgehead atoms. The lowest BCUT2D eigenvalue weighted by molar-refractivity contribution is -0.856. The number of pyridine rings is 1. The molecule has 7 heteroatoms. The fraction of sp³-hybridized carbons (Fsp3) is 0.417. The smallest absolute Gasteiger partial charge is 0.166 e. The molecule has 2 aromatic rings. The van der Waals surface area contributed by atoms with Crippen molar-refractivity contribution in [1.82, 2.24) is 25.2 Å². The summed E-state index contributed by atoms with van der Waals surface area (Å²) in [5, 5.41) is 15.2. The largest absolute Gasteiger partial charge is 0.357 e. The standard InChI is InChI=1S/C12H18N6S/c1-17(2)8-6-13-12(19)14-9-11-16-15-10-5-3-4-7-18(10)11/h3-5,7H,6,8-9H2,1-2H3,(H2,13,14,19)/p+1. The Bertz CT molecular complexity index is 550. The van der Waals surface area contributed by atoms with Gasteiger partial charge in [-0.3, -0.25) is 4.40 Å². The van der Waals surface area contributed by atoms with E-state index in [-0.39, 0.29) is 0 Å². The number of likely N-dealkylation sites (N-methyl/N-ethyl adjacent to an activating group) is 1. The highest BCUT2D eigenvalue weighted by atomic mass is 32.1. The first-order valence-electron chi connectivity index (χ1n) is 6.26. The first-order valence-corrected chi connectivity index (χ1v) is 6.67. The molecule has 2 aromatic heterocycles. The van der Waals surface area contributed by atoms with Crippen LogP contribution in [0, 0.1) is 0 Å². The van der Waals surface area contributed by atoms with Crippen LogP contribution in [0.25, 0.3) is 5.65 Å². The van der Waals surface area contributed by atoms with Crippen molar-refractivity contribution >= 4 is 23.0 Å². The Morgan fingerprint density at radius 1 is 1.32 bits per heavy atom. The molecule has 0 saturated heterocycles. The van der Waals surface area contributed by atoms with E-state index in [2.05, 4.69) is 34.9 Å². The molecule has 0 amide bonds. The topological polar surface area (TPSA) is 58.7 Å². The first kappa shape index (κ1) is 13.7. The Labute approximate surface area is 117 Å². The highest BCUT2D eigenvalue weighted by Crippen LogP contribution is 2.01. The molecule has 0 fully saturated rings. The molecule has 2 heterocycles. The molecule has 2 rings (SSSR count). The van der Waals surface area contributed by atoms with Gasteiger partial charge in [0.1, 0.15) is 0 Å². The molecule has 0 aliphatic rings. The van der Waals surface area contributed by atoms with E-state index in [9.17, 15) is 0 Å². The van der Waals surface area contributed by atoms with Gasteiger partial charge in [-0.25, -0.2) is 0 Å². The molecule has 0 aromatic carbocycles. The third kappa shape index (κ3) is 3.87. The lowest BCUT2D eigenvalue weighted by Gasteiger charge is -2.11. The van der Waals surface area contributed by atoms with Gasteiger partial charge in [0.05, 0.1) is 33.7 Å². The van der Waals surface area contributed by atoms with Crippen LogP contribution in [-0.2, 0) is 6.54 Å². The van der Waals surface area contributed by atoms with Crippen LogP contribution in [0.5, 0.6) is 0 Å². The van der Waals surface area contributed by atoms with E-state index in [1.54, 1.807) is 0 Å². The van der Waals surface area contributed by atoms with Gasteiger partial charge in [0, 0.05) is 6.20 Å². The summed E-state index contributed by atoms with van der Waals surface area (Å²) in [5.74, 6) is 0.845. The summed E-state index contributed by atoms with van der Waals surface area (Å²) >= 11 is 5.21. The minimum atomic E-state index is 0.561. The van der Waals surface area contributed by atoms with Crippen molar-refractivity contribution in [3.8, 4) is 0 Å². The van der Waals surface area contributed by atoms with Crippen molar-refractivity contribution in [2.45, 2.75) is 6.54 Å². The number of fused-ring (bicyclic) bond motifs is 1. The summed E-state index contributed by atoms with van der Waals surface area (Å²) in [5.41, 5.74) is 0.842. The van der Waals surface area contributed by atoms with Gasteiger partial charge in [0.25, 0.3) is 0 Å². The SMILES string of the molecule is C[NH+](C)CCNC(=S)NCc1nnc2ccccn12. The molecule has 0 saturated carbocycles. The molecule has 0 atom stereocenters. The maximum Gasteiger partial charge on any atom is 0.166 e. The van der Waals surface area contributed by atoms with E-state index in [0.29, 0.717) is 11.7 Å². The van der Waals surface area contributed by atoms with E-state index in [4.69, 9.17) is 12.2 Å². The second kappa shape index (κ2) is 6.44. The summed E-state index contributed by atoms with van der Waals surface area (Å²) < 4.78 is 1.94. The van der Waals surface area contributed by atoms with Crippen LogP contribution in [0.2, 0.25) is 0 Å². The normalized spacial score (nSPS) is 10.9. The molecule has 3 N–H and O–H groups in total. The fourth-order valence-corrected chi connectivity index (χ4v) is 1.83. The lowest BCUT2D eigenvalue weighted by Crippen LogP contribution is -3.06. The van der Waals surface area contributed by atoms with Gasteiger partial charge in [-0.05, 0) is 24.4 Å². The predicted octanol–water partition coefficient (Wildman–Crippen LogP) is -1.16. The summed E-state index contributed by atoms with van der Waals surface area (Å²) in [6.07, 6.45) is 1.94. The van der Waals surface area contributed by atoms with Crippen LogP contribution in [0.4, 0.5) is 0 Å². The number of hydrogen-bond acceptors (Lipinski definition) is 3. The van der Waals surface area contributed by atoms with E-state index in [0.717, 1.165) is 24.6 Å². The maximum absolute atomic E-state index is 5.21. The van der Waals surface area contributed by atoms with Crippen molar-refractivity contribution < 1.29 is 4.90 Å². The molecule has 0 aliphatic carbocycles. The summed E-state index contributed by atoms with van der Waals surface area (Å²) in [4.78, 5) is 1.39. The molecule has 0 aliphatic heterocycles. The fourth-order valence-electron chi connectivity index (χ4n) is 1.66. The zero-order chi connectivity index (χ0) is 13.7. The van der Waals surface area contributed by atoms with E-state index >= 15 is 0 Å². The number of nitrogens with one attached hydrogen (secondary N) is 3. The minimum Gasteiger partial charge on any atom is -0.357 e. The lowest BCUT2D eigenvalue weighted by atomic mass is 10.4. The van der Waals surface area contributed by atoms with Gasteiger partial charge >= 0.3 is 0 Å². The average Bonchev–Trinajstić information content (AvgIpc) is 2.79. The van der Waals surface area contributed by atoms with Crippen molar-refractivity contribution in [2.24, 2.45) is 0 Å². The van der Waals surface area contributed by atoms with Gasteiger partial charge in [-0.15, -0.1) is 10.2 Å². The number of quaternary nitrogens is 1. The molecular formula is C12H19N6S+. The Balaban J connectivity index is 1.83. The van der Waals surface area contributed by atoms with E-state index in [1.807, 2.05) is 28.8 Å². The Morgan fingerprint density at radius 3 is 2.95 bits per heavy atom. The molecule has 6 nitrogen and oxygen atoms in total. The molecular weight excluding hydrogens is 260 g/mol. The van der Waals surface area contributed by atoms with Crippen LogP contribution in [0.3, 0.4) is 0 Å². The van der Waals surface area contributed by atoms with Crippen LogP contribution in [0.15, 0.2) is 24.4 Å². The molecule has 0 unspecified atom stereocenters. The second-order valence-corrected chi connectivity index (χ2v) is 5.02. The molecule has 0 spiro atoms. The zero-order valence-electron chi connectivity index (χ0n) is 11.2. The van der Waals surface area contributed by atoms with Crippen LogP contribution in [0.1, 0.15) is 5.82 Å². The average molecular weight is 279 g/mol. The third-order valence-electron chi connectivity index (χ3n) is 2.70. The van der Waals surface area contributed by atoms with E-state index < -0.39 is 0 Å². The maximum atomic E-state index is 5.21. The minimum absolute atomic E-state index is 0.561. The molecule has 0 radical (unpaired) electrons. The first-order chi connectivity index (χ1) is 9.16. The summed E-state index contributed by atoms with van der Waals surface area (Å²) in [6, 6.07) is 5.82. The van der Waals surface area contributed by atoms with Gasteiger partial charge < -0.3 is 15.5 Å². The number of nitrogens with zero attached hydrogens (tertiary/aromatic N) is 3. The quantitative estimate of drug-likeness (QED) is 0.603. The molecule has 19 heavy (non-hydrogen) atoms. The van der Waals surface area contributed by atoms with Crippen molar-refractivity contribution in [1.29, 1.82) is 0 Å². The van der Waals surface area contributed by atoms with Crippen LogP contribution in [-0.4, -0.2) is 46.9 Å². The van der Waals surface area contributed by atoms with Gasteiger partial charge in [0.15, 0.2) is 16.6 Å². The van der Waals surface area contributed by atoms with Gasteiger partial charge in [-0.2, -0.15) is 0 Å². The highest BCUT2D eigenvalue weighted by molar-refractivity contribution is 7.80. The number of aromatic nitrogens is 3. The number of rotatable bonds is 5.